The fraction of sp³-hybridized carbons (Fsp3) is 0.296. The topological polar surface area (TPSA) is 61.4 Å². The van der Waals surface area contributed by atoms with Gasteiger partial charge >= 0.3 is 12.2 Å². The number of hydrogen-bond donors (Lipinski definition) is 1. The molecule has 0 unspecified atom stereocenters. The number of thiophene rings is 1. The molecule has 1 fully saturated rings. The van der Waals surface area contributed by atoms with Gasteiger partial charge in [-0.15, -0.1) is 11.3 Å². The molecular formula is C27H26F3N5OS. The van der Waals surface area contributed by atoms with Crippen molar-refractivity contribution in [3.05, 3.63) is 82.0 Å². The molecule has 0 spiro atoms. The summed E-state index contributed by atoms with van der Waals surface area (Å²) in [7, 11) is 0. The summed E-state index contributed by atoms with van der Waals surface area (Å²) in [5.74, 6) is 1.62. The second-order valence-electron chi connectivity index (χ2n) is 9.07. The molecule has 1 aliphatic rings. The molecule has 0 atom stereocenters. The van der Waals surface area contributed by atoms with Gasteiger partial charge in [0.2, 0.25) is 0 Å². The molecule has 3 heterocycles. The van der Waals surface area contributed by atoms with Crippen LogP contribution in [0.1, 0.15) is 27.4 Å². The molecule has 6 nitrogen and oxygen atoms in total. The highest BCUT2D eigenvalue weighted by Gasteiger charge is 2.31. The van der Waals surface area contributed by atoms with E-state index in [4.69, 9.17) is 9.97 Å². The van der Waals surface area contributed by atoms with Gasteiger partial charge < -0.3 is 15.1 Å². The van der Waals surface area contributed by atoms with E-state index >= 15 is 0 Å². The average molecular weight is 526 g/mol. The number of amides is 2. The van der Waals surface area contributed by atoms with E-state index in [2.05, 4.69) is 36.2 Å². The first-order valence-electron chi connectivity index (χ1n) is 12.0. The van der Waals surface area contributed by atoms with Crippen LogP contribution in [0.25, 0.3) is 10.2 Å². The van der Waals surface area contributed by atoms with Gasteiger partial charge in [-0.3, -0.25) is 0 Å². The summed E-state index contributed by atoms with van der Waals surface area (Å²) < 4.78 is 39.1. The van der Waals surface area contributed by atoms with Crippen molar-refractivity contribution >= 4 is 39.1 Å². The zero-order chi connectivity index (χ0) is 26.2. The number of aromatic nitrogens is 2. The summed E-state index contributed by atoms with van der Waals surface area (Å²) in [6, 6.07) is 14.3. The van der Waals surface area contributed by atoms with Crippen molar-refractivity contribution in [2.45, 2.75) is 26.4 Å². The molecule has 37 heavy (non-hydrogen) atoms. The number of carbonyl (C=O) groups is 1. The normalized spacial score (nSPS) is 14.3. The zero-order valence-electron chi connectivity index (χ0n) is 20.5. The van der Waals surface area contributed by atoms with E-state index in [-0.39, 0.29) is 5.69 Å². The minimum absolute atomic E-state index is 0.120. The quantitative estimate of drug-likeness (QED) is 0.341. The monoisotopic (exact) mass is 525 g/mol. The lowest BCUT2D eigenvalue weighted by Gasteiger charge is -2.35. The van der Waals surface area contributed by atoms with E-state index in [1.54, 1.807) is 16.2 Å². The Balaban J connectivity index is 1.33. The molecule has 1 aliphatic heterocycles. The molecule has 1 N–H and O–H groups in total. The number of carbonyl (C=O) groups excluding carboxylic acids is 1. The van der Waals surface area contributed by atoms with E-state index in [0.717, 1.165) is 45.1 Å². The number of fused-ring (bicyclic) bond motifs is 1. The van der Waals surface area contributed by atoms with Crippen LogP contribution in [0.15, 0.2) is 54.6 Å². The Morgan fingerprint density at radius 1 is 1.00 bits per heavy atom. The molecule has 0 saturated carbocycles. The van der Waals surface area contributed by atoms with Crippen LogP contribution in [-0.4, -0.2) is 47.1 Å². The first-order valence-corrected chi connectivity index (χ1v) is 12.8. The molecule has 5 rings (SSSR count). The number of piperazine rings is 1. The number of aryl methyl sites for hydroxylation is 2. The van der Waals surface area contributed by atoms with Crippen molar-refractivity contribution in [3.8, 4) is 0 Å². The Labute approximate surface area is 216 Å². The van der Waals surface area contributed by atoms with Crippen molar-refractivity contribution in [2.75, 3.05) is 36.4 Å². The summed E-state index contributed by atoms with van der Waals surface area (Å²) in [6.45, 7) is 6.12. The zero-order valence-corrected chi connectivity index (χ0v) is 21.3. The number of hydrogen-bond acceptors (Lipinski definition) is 5. The minimum Gasteiger partial charge on any atom is -0.352 e. The third kappa shape index (κ3) is 5.39. The van der Waals surface area contributed by atoms with Crippen molar-refractivity contribution < 1.29 is 18.0 Å². The number of benzene rings is 2. The number of nitrogens with one attached hydrogen (secondary N) is 1. The third-order valence-corrected chi connectivity index (χ3v) is 7.67. The van der Waals surface area contributed by atoms with Crippen LogP contribution >= 0.6 is 11.3 Å². The lowest BCUT2D eigenvalue weighted by Crippen LogP contribution is -2.50. The highest BCUT2D eigenvalue weighted by Crippen LogP contribution is 2.36. The molecule has 4 aromatic rings. The second-order valence-corrected chi connectivity index (χ2v) is 10.3. The SMILES string of the molecule is Cc1sc2nc(Cc3ccccc3)nc(N3CCN(C(=O)Nc4cccc(C(F)(F)F)c4)CC3)c2c1C. The fourth-order valence-corrected chi connectivity index (χ4v) is 5.50. The van der Waals surface area contributed by atoms with E-state index in [9.17, 15) is 18.0 Å². The predicted octanol–water partition coefficient (Wildman–Crippen LogP) is 6.27. The number of nitrogens with zero attached hydrogens (tertiary/aromatic N) is 4. The van der Waals surface area contributed by atoms with Crippen LogP contribution in [0.5, 0.6) is 0 Å². The van der Waals surface area contributed by atoms with Gasteiger partial charge in [-0.2, -0.15) is 13.2 Å². The van der Waals surface area contributed by atoms with Crippen LogP contribution in [0.4, 0.5) is 29.5 Å². The summed E-state index contributed by atoms with van der Waals surface area (Å²) >= 11 is 1.66. The minimum atomic E-state index is -4.47. The van der Waals surface area contributed by atoms with E-state index in [1.807, 2.05) is 18.2 Å². The molecule has 2 aromatic heterocycles. The van der Waals surface area contributed by atoms with Gasteiger partial charge in [0.05, 0.1) is 10.9 Å². The highest BCUT2D eigenvalue weighted by molar-refractivity contribution is 7.18. The van der Waals surface area contributed by atoms with Gasteiger partial charge in [-0.25, -0.2) is 14.8 Å². The van der Waals surface area contributed by atoms with Gasteiger partial charge in [0.1, 0.15) is 16.5 Å². The summed E-state index contributed by atoms with van der Waals surface area (Å²) in [6.07, 6.45) is -3.84. The molecule has 0 radical (unpaired) electrons. The summed E-state index contributed by atoms with van der Waals surface area (Å²) in [4.78, 5) is 28.5. The van der Waals surface area contributed by atoms with Crippen LogP contribution in [0, 0.1) is 13.8 Å². The Morgan fingerprint density at radius 2 is 1.73 bits per heavy atom. The largest absolute Gasteiger partial charge is 0.416 e. The van der Waals surface area contributed by atoms with Gasteiger partial charge in [0.15, 0.2) is 0 Å². The van der Waals surface area contributed by atoms with Crippen molar-refractivity contribution in [2.24, 2.45) is 0 Å². The lowest BCUT2D eigenvalue weighted by molar-refractivity contribution is -0.137. The van der Waals surface area contributed by atoms with Gasteiger partial charge in [0.25, 0.3) is 0 Å². The molecule has 2 aromatic carbocycles. The standard InChI is InChI=1S/C27H26F3N5OS/c1-17-18(2)37-25-23(17)24(32-22(33-25)15-19-7-4-3-5-8-19)34-11-13-35(14-12-34)26(36)31-21-10-6-9-20(16-21)27(28,29)30/h3-10,16H,11-15H2,1-2H3,(H,31,36). The molecule has 0 aliphatic carbocycles. The number of halogens is 3. The number of anilines is 2. The van der Waals surface area contributed by atoms with E-state index < -0.39 is 17.8 Å². The Hall–Kier alpha value is -3.66. The van der Waals surface area contributed by atoms with Gasteiger partial charge in [-0.05, 0) is 43.2 Å². The van der Waals surface area contributed by atoms with Crippen molar-refractivity contribution in [3.63, 3.8) is 0 Å². The Morgan fingerprint density at radius 3 is 2.43 bits per heavy atom. The number of urea groups is 1. The van der Waals surface area contributed by atoms with Crippen LogP contribution < -0.4 is 10.2 Å². The Bertz CT molecular complexity index is 1430. The number of alkyl halides is 3. The van der Waals surface area contributed by atoms with Crippen LogP contribution in [0.2, 0.25) is 0 Å². The maximum Gasteiger partial charge on any atom is 0.416 e. The molecule has 10 heteroatoms. The van der Waals surface area contributed by atoms with Gasteiger partial charge in [-0.1, -0.05) is 36.4 Å². The predicted molar refractivity (Wildman–Crippen MR) is 140 cm³/mol. The highest BCUT2D eigenvalue weighted by atomic mass is 32.1. The van der Waals surface area contributed by atoms with Crippen molar-refractivity contribution in [1.82, 2.24) is 14.9 Å². The molecule has 2 amide bonds. The third-order valence-electron chi connectivity index (χ3n) is 6.57. The second kappa shape index (κ2) is 10.0. The maximum absolute atomic E-state index is 13.0. The lowest BCUT2D eigenvalue weighted by atomic mass is 10.1. The van der Waals surface area contributed by atoms with E-state index in [0.29, 0.717) is 32.6 Å². The smallest absolute Gasteiger partial charge is 0.352 e. The number of rotatable bonds is 4. The van der Waals surface area contributed by atoms with Gasteiger partial charge in [0, 0.05) is 43.2 Å². The summed E-state index contributed by atoms with van der Waals surface area (Å²) in [5, 5.41) is 3.64. The Kier molecular flexibility index (Phi) is 6.76. The summed E-state index contributed by atoms with van der Waals surface area (Å²) in [5.41, 5.74) is 1.62. The molecule has 0 bridgehead atoms. The van der Waals surface area contributed by atoms with Crippen molar-refractivity contribution in [1.29, 1.82) is 0 Å². The molecule has 192 valence electrons. The van der Waals surface area contributed by atoms with Crippen LogP contribution in [-0.2, 0) is 12.6 Å². The fourth-order valence-electron chi connectivity index (χ4n) is 4.45. The molecular weight excluding hydrogens is 499 g/mol. The first-order chi connectivity index (χ1) is 17.7. The van der Waals surface area contributed by atoms with E-state index in [1.165, 1.54) is 17.0 Å². The molecule has 1 saturated heterocycles. The average Bonchev–Trinajstić information content (AvgIpc) is 3.17. The first kappa shape index (κ1) is 25.0. The maximum atomic E-state index is 13.0. The van der Waals surface area contributed by atoms with Crippen LogP contribution in [0.3, 0.4) is 0 Å².